The number of benzene rings is 1. The van der Waals surface area contributed by atoms with Crippen molar-refractivity contribution in [3.8, 4) is 0 Å². The van der Waals surface area contributed by atoms with Crippen molar-refractivity contribution in [1.82, 2.24) is 10.3 Å². The van der Waals surface area contributed by atoms with Crippen LogP contribution < -0.4 is 5.32 Å². The number of carboxylic acids is 1. The highest BCUT2D eigenvalue weighted by atomic mass is 35.5. The molecule has 11 heteroatoms. The normalized spacial score (nSPS) is 23.0. The molecule has 0 aliphatic carbocycles. The first kappa shape index (κ1) is 23.3. The number of carboxylic acid groups (broad SMARTS) is 1. The maximum absolute atomic E-state index is 13.7. The standard InChI is InChI=1S/C22H21ClFN3O5S/c1-2-31-22(30)16-17(13-5-4-12(24)9-14(13)23)26-19(20-25-7-8-33-20)27-18(16)15-6-3-11(10-32-15)21(28)29/h4-5,7-9,11,15,17H,2-3,6,10H2,1H3,(H,26,27)(H,28,29). The van der Waals surface area contributed by atoms with Crippen molar-refractivity contribution >= 4 is 40.7 Å². The second kappa shape index (κ2) is 9.98. The number of halogens is 2. The van der Waals surface area contributed by atoms with Gasteiger partial charge in [-0.2, -0.15) is 0 Å². The summed E-state index contributed by atoms with van der Waals surface area (Å²) < 4.78 is 24.9. The highest BCUT2D eigenvalue weighted by Gasteiger charge is 2.39. The van der Waals surface area contributed by atoms with E-state index in [0.29, 0.717) is 34.9 Å². The van der Waals surface area contributed by atoms with Crippen LogP contribution in [0, 0.1) is 11.7 Å². The molecule has 0 bridgehead atoms. The van der Waals surface area contributed by atoms with E-state index in [1.165, 1.54) is 23.5 Å². The number of amidine groups is 1. The molecule has 1 fully saturated rings. The van der Waals surface area contributed by atoms with Gasteiger partial charge in [0.15, 0.2) is 10.8 Å². The lowest BCUT2D eigenvalue weighted by Gasteiger charge is -2.34. The fraction of sp³-hybridized carbons (Fsp3) is 0.364. The van der Waals surface area contributed by atoms with Crippen molar-refractivity contribution in [3.63, 3.8) is 0 Å². The van der Waals surface area contributed by atoms with E-state index in [1.54, 1.807) is 18.5 Å². The van der Waals surface area contributed by atoms with Gasteiger partial charge in [-0.1, -0.05) is 17.7 Å². The number of thiazole rings is 1. The molecule has 2 N–H and O–H groups in total. The van der Waals surface area contributed by atoms with Crippen molar-refractivity contribution < 1.29 is 28.6 Å². The van der Waals surface area contributed by atoms with Crippen LogP contribution in [0.4, 0.5) is 4.39 Å². The summed E-state index contributed by atoms with van der Waals surface area (Å²) in [4.78, 5) is 33.5. The SMILES string of the molecule is CCOC(=O)C1=C(C2CCC(C(=O)O)CO2)NC(c2nccs2)=NC1c1ccc(F)cc1Cl. The van der Waals surface area contributed by atoms with Gasteiger partial charge in [-0.05, 0) is 31.9 Å². The topological polar surface area (TPSA) is 110 Å². The van der Waals surface area contributed by atoms with Gasteiger partial charge >= 0.3 is 11.9 Å². The van der Waals surface area contributed by atoms with Crippen LogP contribution >= 0.6 is 22.9 Å². The Kier molecular flexibility index (Phi) is 7.06. The molecule has 2 aliphatic heterocycles. The van der Waals surface area contributed by atoms with Crippen molar-refractivity contribution in [2.45, 2.75) is 31.9 Å². The first-order valence-electron chi connectivity index (χ1n) is 10.3. The summed E-state index contributed by atoms with van der Waals surface area (Å²) in [5.74, 6) is -2.27. The molecule has 1 saturated heterocycles. The van der Waals surface area contributed by atoms with Gasteiger partial charge in [0, 0.05) is 22.2 Å². The van der Waals surface area contributed by atoms with Gasteiger partial charge < -0.3 is 19.9 Å². The van der Waals surface area contributed by atoms with E-state index in [-0.39, 0.29) is 23.8 Å². The number of carbonyl (C=O) groups excluding carboxylic acids is 1. The van der Waals surface area contributed by atoms with Crippen LogP contribution in [-0.2, 0) is 19.1 Å². The zero-order valence-corrected chi connectivity index (χ0v) is 19.2. The monoisotopic (exact) mass is 493 g/mol. The molecule has 2 aliphatic rings. The van der Waals surface area contributed by atoms with Gasteiger partial charge in [0.05, 0.1) is 36.5 Å². The predicted octanol–water partition coefficient (Wildman–Crippen LogP) is 3.72. The molecule has 33 heavy (non-hydrogen) atoms. The van der Waals surface area contributed by atoms with Crippen LogP contribution in [0.3, 0.4) is 0 Å². The average molecular weight is 494 g/mol. The Morgan fingerprint density at radius 3 is 2.82 bits per heavy atom. The Morgan fingerprint density at radius 1 is 1.39 bits per heavy atom. The molecule has 174 valence electrons. The van der Waals surface area contributed by atoms with Gasteiger partial charge in [0.25, 0.3) is 0 Å². The minimum atomic E-state index is -0.925. The van der Waals surface area contributed by atoms with Crippen molar-refractivity contribution in [2.75, 3.05) is 13.2 Å². The third kappa shape index (κ3) is 4.92. The minimum Gasteiger partial charge on any atom is -0.481 e. The van der Waals surface area contributed by atoms with Gasteiger partial charge in [-0.3, -0.25) is 9.79 Å². The third-order valence-corrected chi connectivity index (χ3v) is 6.52. The van der Waals surface area contributed by atoms with Crippen LogP contribution in [-0.4, -0.2) is 47.2 Å². The van der Waals surface area contributed by atoms with Gasteiger partial charge in [0.1, 0.15) is 11.9 Å². The number of rotatable bonds is 6. The van der Waals surface area contributed by atoms with Crippen LogP contribution in [0.25, 0.3) is 0 Å². The zero-order chi connectivity index (χ0) is 23.5. The fourth-order valence-electron chi connectivity index (χ4n) is 3.82. The van der Waals surface area contributed by atoms with Gasteiger partial charge in [-0.15, -0.1) is 11.3 Å². The summed E-state index contributed by atoms with van der Waals surface area (Å²) in [6.45, 7) is 1.83. The molecule has 0 radical (unpaired) electrons. The van der Waals surface area contributed by atoms with E-state index in [0.717, 1.165) is 6.07 Å². The molecule has 4 rings (SSSR count). The molecule has 1 aromatic heterocycles. The molecule has 3 heterocycles. The number of aliphatic carboxylic acids is 1. The first-order valence-corrected chi connectivity index (χ1v) is 11.6. The molecule has 1 aromatic carbocycles. The molecule has 2 aromatic rings. The Labute approximate surface area is 198 Å². The first-order chi connectivity index (χ1) is 15.9. The van der Waals surface area contributed by atoms with E-state index >= 15 is 0 Å². The number of ether oxygens (including phenoxy) is 2. The highest BCUT2D eigenvalue weighted by Crippen LogP contribution is 2.39. The Hall–Kier alpha value is -2.82. The van der Waals surface area contributed by atoms with Crippen molar-refractivity contribution in [2.24, 2.45) is 10.9 Å². The lowest BCUT2D eigenvalue weighted by molar-refractivity contribution is -0.148. The molecular weight excluding hydrogens is 473 g/mol. The number of carbonyl (C=O) groups is 2. The average Bonchev–Trinajstić information content (AvgIpc) is 3.33. The molecular formula is C22H21ClFN3O5S. The molecule has 3 atom stereocenters. The number of nitrogens with one attached hydrogen (secondary N) is 1. The summed E-state index contributed by atoms with van der Waals surface area (Å²) in [7, 11) is 0. The van der Waals surface area contributed by atoms with Gasteiger partial charge in [0.2, 0.25) is 0 Å². The maximum atomic E-state index is 13.7. The Bertz CT molecular complexity index is 1110. The third-order valence-electron chi connectivity index (χ3n) is 5.41. The number of hydrogen-bond acceptors (Lipinski definition) is 8. The van der Waals surface area contributed by atoms with Crippen molar-refractivity contribution in [1.29, 1.82) is 0 Å². The largest absolute Gasteiger partial charge is 0.481 e. The molecule has 8 nitrogen and oxygen atoms in total. The van der Waals surface area contributed by atoms with Crippen LogP contribution in [0.5, 0.6) is 0 Å². The highest BCUT2D eigenvalue weighted by molar-refractivity contribution is 7.11. The molecule has 0 spiro atoms. The van der Waals surface area contributed by atoms with Crippen LogP contribution in [0.15, 0.2) is 46.0 Å². The Balaban J connectivity index is 1.82. The van der Waals surface area contributed by atoms with E-state index in [9.17, 15) is 19.1 Å². The molecule has 0 saturated carbocycles. The quantitative estimate of drug-likeness (QED) is 0.590. The van der Waals surface area contributed by atoms with E-state index in [1.807, 2.05) is 0 Å². The zero-order valence-electron chi connectivity index (χ0n) is 17.6. The summed E-state index contributed by atoms with van der Waals surface area (Å²) in [5, 5.41) is 15.0. The summed E-state index contributed by atoms with van der Waals surface area (Å²) in [6, 6.07) is 3.00. The molecule has 3 unspecified atom stereocenters. The summed E-state index contributed by atoms with van der Waals surface area (Å²) in [6.07, 6.45) is 1.79. The number of hydrogen-bond donors (Lipinski definition) is 2. The number of aromatic nitrogens is 1. The van der Waals surface area contributed by atoms with E-state index in [2.05, 4.69) is 10.3 Å². The lowest BCUT2D eigenvalue weighted by Crippen LogP contribution is -2.42. The number of aliphatic imine (C=N–C) groups is 1. The second-order valence-corrected chi connectivity index (χ2v) is 8.79. The lowest BCUT2D eigenvalue weighted by atomic mass is 9.90. The minimum absolute atomic E-state index is 0.00693. The van der Waals surface area contributed by atoms with E-state index < -0.39 is 35.8 Å². The summed E-state index contributed by atoms with van der Waals surface area (Å²) >= 11 is 7.71. The Morgan fingerprint density at radius 2 is 2.21 bits per heavy atom. The molecule has 0 amide bonds. The predicted molar refractivity (Wildman–Crippen MR) is 120 cm³/mol. The second-order valence-electron chi connectivity index (χ2n) is 7.49. The maximum Gasteiger partial charge on any atom is 0.338 e. The number of nitrogens with zero attached hydrogens (tertiary/aromatic N) is 2. The van der Waals surface area contributed by atoms with E-state index in [4.69, 9.17) is 26.1 Å². The number of esters is 1. The van der Waals surface area contributed by atoms with Gasteiger partial charge in [-0.25, -0.2) is 14.2 Å². The van der Waals surface area contributed by atoms with Crippen LogP contribution in [0.2, 0.25) is 5.02 Å². The van der Waals surface area contributed by atoms with Crippen LogP contribution in [0.1, 0.15) is 36.4 Å². The smallest absolute Gasteiger partial charge is 0.338 e. The summed E-state index contributed by atoms with van der Waals surface area (Å²) in [5.41, 5.74) is 1.03. The van der Waals surface area contributed by atoms with Crippen molar-refractivity contribution in [3.05, 3.63) is 62.5 Å². The fourth-order valence-corrected chi connectivity index (χ4v) is 4.68.